The SMILES string of the molecule is CPc1ccc(C(=O)Nc2cc(-c3cccs3)ccc2N)cn1. The number of benzene rings is 1. The number of carbonyl (C=O) groups is 1. The molecule has 3 rings (SSSR count). The number of hydrogen-bond donors (Lipinski definition) is 2. The molecule has 23 heavy (non-hydrogen) atoms. The summed E-state index contributed by atoms with van der Waals surface area (Å²) in [7, 11) is 0.615. The summed E-state index contributed by atoms with van der Waals surface area (Å²) in [5.41, 5.74) is 9.68. The minimum absolute atomic E-state index is 0.210. The molecule has 4 nitrogen and oxygen atoms in total. The molecular formula is C17H16N3OPS. The molecule has 1 aromatic carbocycles. The average Bonchev–Trinajstić information content (AvgIpc) is 3.11. The van der Waals surface area contributed by atoms with E-state index < -0.39 is 0 Å². The fourth-order valence-corrected chi connectivity index (χ4v) is 3.30. The highest BCUT2D eigenvalue weighted by atomic mass is 32.1. The number of aromatic nitrogens is 1. The smallest absolute Gasteiger partial charge is 0.257 e. The van der Waals surface area contributed by atoms with Gasteiger partial charge in [0.2, 0.25) is 0 Å². The van der Waals surface area contributed by atoms with E-state index in [-0.39, 0.29) is 5.91 Å². The molecule has 0 aliphatic heterocycles. The van der Waals surface area contributed by atoms with Crippen LogP contribution in [0.1, 0.15) is 10.4 Å². The fourth-order valence-electron chi connectivity index (χ4n) is 2.13. The second-order valence-electron chi connectivity index (χ2n) is 4.92. The van der Waals surface area contributed by atoms with Gasteiger partial charge in [-0.15, -0.1) is 11.3 Å². The summed E-state index contributed by atoms with van der Waals surface area (Å²) in [6.45, 7) is 2.05. The highest BCUT2D eigenvalue weighted by Crippen LogP contribution is 2.30. The maximum absolute atomic E-state index is 12.4. The summed E-state index contributed by atoms with van der Waals surface area (Å²) in [6.07, 6.45) is 1.60. The van der Waals surface area contributed by atoms with Gasteiger partial charge in [0.25, 0.3) is 5.91 Å². The van der Waals surface area contributed by atoms with Gasteiger partial charge in [0.1, 0.15) is 0 Å². The number of thiophene rings is 1. The first kappa shape index (κ1) is 15.7. The van der Waals surface area contributed by atoms with E-state index in [0.717, 1.165) is 15.9 Å². The van der Waals surface area contributed by atoms with Gasteiger partial charge in [-0.2, -0.15) is 0 Å². The predicted octanol–water partition coefficient (Wildman–Crippen LogP) is 3.58. The summed E-state index contributed by atoms with van der Waals surface area (Å²) in [6, 6.07) is 13.4. The van der Waals surface area contributed by atoms with Gasteiger partial charge >= 0.3 is 0 Å². The average molecular weight is 341 g/mol. The van der Waals surface area contributed by atoms with Crippen molar-refractivity contribution in [3.8, 4) is 10.4 Å². The molecule has 0 saturated carbocycles. The normalized spacial score (nSPS) is 11.0. The Morgan fingerprint density at radius 1 is 1.26 bits per heavy atom. The van der Waals surface area contributed by atoms with Gasteiger partial charge in [-0.1, -0.05) is 20.7 Å². The van der Waals surface area contributed by atoms with Crippen molar-refractivity contribution in [2.75, 3.05) is 17.7 Å². The Bertz CT molecular complexity index is 816. The number of anilines is 2. The lowest BCUT2D eigenvalue weighted by molar-refractivity contribution is 0.102. The van der Waals surface area contributed by atoms with E-state index in [1.54, 1.807) is 23.6 Å². The van der Waals surface area contributed by atoms with Crippen molar-refractivity contribution in [2.45, 2.75) is 0 Å². The minimum Gasteiger partial charge on any atom is -0.397 e. The Morgan fingerprint density at radius 3 is 2.78 bits per heavy atom. The highest BCUT2D eigenvalue weighted by molar-refractivity contribution is 7.45. The van der Waals surface area contributed by atoms with Crippen molar-refractivity contribution >= 4 is 42.6 Å². The van der Waals surface area contributed by atoms with E-state index in [0.29, 0.717) is 25.5 Å². The van der Waals surface area contributed by atoms with Crippen LogP contribution in [0.5, 0.6) is 0 Å². The van der Waals surface area contributed by atoms with Gasteiger partial charge in [-0.25, -0.2) is 0 Å². The number of carbonyl (C=O) groups excluding carboxylic acids is 1. The van der Waals surface area contributed by atoms with Crippen LogP contribution in [0.2, 0.25) is 0 Å². The molecule has 6 heteroatoms. The van der Waals surface area contributed by atoms with Crippen LogP contribution in [0.4, 0.5) is 11.4 Å². The van der Waals surface area contributed by atoms with Crippen molar-refractivity contribution in [3.63, 3.8) is 0 Å². The first-order chi connectivity index (χ1) is 11.2. The van der Waals surface area contributed by atoms with E-state index in [9.17, 15) is 4.79 Å². The molecule has 1 unspecified atom stereocenters. The molecule has 3 aromatic rings. The van der Waals surface area contributed by atoms with E-state index in [1.165, 1.54) is 0 Å². The lowest BCUT2D eigenvalue weighted by Crippen LogP contribution is -2.15. The zero-order valence-corrected chi connectivity index (χ0v) is 14.4. The molecule has 0 aliphatic carbocycles. The number of nitrogen functional groups attached to an aromatic ring is 1. The van der Waals surface area contributed by atoms with Gasteiger partial charge in [0, 0.05) is 11.1 Å². The molecule has 0 aliphatic rings. The third kappa shape index (κ3) is 3.58. The van der Waals surface area contributed by atoms with Crippen LogP contribution in [0, 0.1) is 0 Å². The maximum atomic E-state index is 12.4. The molecule has 3 N–H and O–H groups in total. The lowest BCUT2D eigenvalue weighted by atomic mass is 10.1. The quantitative estimate of drug-likeness (QED) is 0.563. The standard InChI is InChI=1S/C17H16N3OPS/c1-22-16-7-5-12(10-19-16)17(21)20-14-9-11(4-6-13(14)18)15-3-2-8-23-15/h2-10,22H,18H2,1H3,(H,20,21). The highest BCUT2D eigenvalue weighted by Gasteiger charge is 2.10. The zero-order valence-electron chi connectivity index (χ0n) is 12.5. The van der Waals surface area contributed by atoms with Crippen LogP contribution in [0.3, 0.4) is 0 Å². The Kier molecular flexibility index (Phi) is 4.70. The molecule has 1 amide bonds. The topological polar surface area (TPSA) is 68.0 Å². The molecule has 116 valence electrons. The molecule has 0 saturated heterocycles. The van der Waals surface area contributed by atoms with Crippen molar-refractivity contribution in [1.29, 1.82) is 0 Å². The number of pyridine rings is 1. The predicted molar refractivity (Wildman–Crippen MR) is 100 cm³/mol. The van der Waals surface area contributed by atoms with Gasteiger partial charge in [-0.05, 0) is 47.9 Å². The van der Waals surface area contributed by atoms with Crippen LogP contribution < -0.4 is 16.5 Å². The van der Waals surface area contributed by atoms with Crippen LogP contribution in [0.25, 0.3) is 10.4 Å². The van der Waals surface area contributed by atoms with E-state index in [4.69, 9.17) is 5.73 Å². The lowest BCUT2D eigenvalue weighted by Gasteiger charge is -2.10. The number of nitrogens with two attached hydrogens (primary N) is 1. The molecule has 2 heterocycles. The zero-order chi connectivity index (χ0) is 16.2. The molecule has 0 radical (unpaired) electrons. The van der Waals surface area contributed by atoms with Crippen LogP contribution >= 0.6 is 19.9 Å². The molecule has 0 spiro atoms. The van der Waals surface area contributed by atoms with Crippen LogP contribution in [0.15, 0.2) is 54.0 Å². The third-order valence-corrected chi connectivity index (χ3v) is 5.12. The third-order valence-electron chi connectivity index (χ3n) is 3.39. The van der Waals surface area contributed by atoms with Gasteiger partial charge in [-0.3, -0.25) is 9.78 Å². The van der Waals surface area contributed by atoms with E-state index >= 15 is 0 Å². The number of nitrogens with zero attached hydrogens (tertiary/aromatic N) is 1. The number of amides is 1. The first-order valence-corrected chi connectivity index (χ1v) is 9.44. The minimum atomic E-state index is -0.210. The summed E-state index contributed by atoms with van der Waals surface area (Å²) < 4.78 is 0. The first-order valence-electron chi connectivity index (χ1n) is 7.06. The molecule has 1 atom stereocenters. The van der Waals surface area contributed by atoms with Crippen molar-refractivity contribution < 1.29 is 4.79 Å². The van der Waals surface area contributed by atoms with Crippen molar-refractivity contribution in [3.05, 3.63) is 59.6 Å². The monoisotopic (exact) mass is 341 g/mol. The Balaban J connectivity index is 1.83. The Labute approximate surface area is 140 Å². The maximum Gasteiger partial charge on any atom is 0.257 e. The molecule has 0 fully saturated rings. The molecule has 0 bridgehead atoms. The Hall–Kier alpha value is -2.23. The van der Waals surface area contributed by atoms with E-state index in [2.05, 4.69) is 17.0 Å². The fraction of sp³-hybridized carbons (Fsp3) is 0.0588. The van der Waals surface area contributed by atoms with Crippen LogP contribution in [-0.2, 0) is 0 Å². The molecule has 2 aromatic heterocycles. The summed E-state index contributed by atoms with van der Waals surface area (Å²) >= 11 is 1.65. The second kappa shape index (κ2) is 6.90. The summed E-state index contributed by atoms with van der Waals surface area (Å²) in [5.74, 6) is -0.210. The van der Waals surface area contributed by atoms with Crippen molar-refractivity contribution in [1.82, 2.24) is 4.98 Å². The second-order valence-corrected chi connectivity index (χ2v) is 6.88. The number of rotatable bonds is 4. The summed E-state index contributed by atoms with van der Waals surface area (Å²) in [5, 5.41) is 4.89. The summed E-state index contributed by atoms with van der Waals surface area (Å²) in [4.78, 5) is 17.8. The largest absolute Gasteiger partial charge is 0.397 e. The number of nitrogens with one attached hydrogen (secondary N) is 1. The Morgan fingerprint density at radius 2 is 2.13 bits per heavy atom. The van der Waals surface area contributed by atoms with Crippen molar-refractivity contribution in [2.24, 2.45) is 0 Å². The number of hydrogen-bond acceptors (Lipinski definition) is 4. The van der Waals surface area contributed by atoms with Gasteiger partial charge < -0.3 is 11.1 Å². The van der Waals surface area contributed by atoms with Gasteiger partial charge in [0.05, 0.1) is 22.4 Å². The van der Waals surface area contributed by atoms with E-state index in [1.807, 2.05) is 41.8 Å². The molecular weight excluding hydrogens is 325 g/mol. The van der Waals surface area contributed by atoms with Crippen LogP contribution in [-0.4, -0.2) is 17.6 Å². The van der Waals surface area contributed by atoms with Gasteiger partial charge in [0.15, 0.2) is 0 Å².